The number of ether oxygens (including phenoxy) is 1. The third-order valence-electron chi connectivity index (χ3n) is 5.74. The molecule has 5 heteroatoms. The zero-order valence-corrected chi connectivity index (χ0v) is 17.4. The van der Waals surface area contributed by atoms with E-state index in [1.165, 1.54) is 18.4 Å². The summed E-state index contributed by atoms with van der Waals surface area (Å²) in [5, 5.41) is 0. The highest BCUT2D eigenvalue weighted by Crippen LogP contribution is 2.30. The number of carbonyl (C=O) groups excluding carboxylic acids is 1. The summed E-state index contributed by atoms with van der Waals surface area (Å²) in [5.74, 6) is 0. The smallest absolute Gasteiger partial charge is 0.409 e. The Morgan fingerprint density at radius 1 is 1.26 bits per heavy atom. The van der Waals surface area contributed by atoms with Crippen molar-refractivity contribution in [3.8, 4) is 0 Å². The molecule has 1 aliphatic carbocycles. The molecular formula is C22H33ClN2O2. The van der Waals surface area contributed by atoms with Crippen molar-refractivity contribution in [1.29, 1.82) is 0 Å². The van der Waals surface area contributed by atoms with Crippen LogP contribution >= 0.6 is 12.4 Å². The molecule has 1 aromatic rings. The maximum absolute atomic E-state index is 12.1. The first-order valence-electron chi connectivity index (χ1n) is 10.1. The lowest BCUT2D eigenvalue weighted by molar-refractivity contribution is 0.0704. The highest BCUT2D eigenvalue weighted by Gasteiger charge is 2.31. The molecule has 1 fully saturated rings. The van der Waals surface area contributed by atoms with Gasteiger partial charge in [-0.25, -0.2) is 4.79 Å². The minimum absolute atomic E-state index is 0. The van der Waals surface area contributed by atoms with Crippen molar-refractivity contribution in [2.45, 2.75) is 57.5 Å². The van der Waals surface area contributed by atoms with E-state index in [1.807, 2.05) is 18.9 Å². The summed E-state index contributed by atoms with van der Waals surface area (Å²) in [6, 6.07) is 11.6. The Labute approximate surface area is 170 Å². The van der Waals surface area contributed by atoms with Gasteiger partial charge < -0.3 is 9.64 Å². The van der Waals surface area contributed by atoms with E-state index in [2.05, 4.69) is 41.3 Å². The van der Waals surface area contributed by atoms with Crippen LogP contribution in [0.4, 0.5) is 4.79 Å². The molecule has 1 saturated heterocycles. The Hall–Kier alpha value is -1.52. The SMILES string of the molecule is CCCOC(=O)N(C)C1CCN(C(Cc2ccccc2)C2=CCC2)CC1.Cl. The first-order valence-corrected chi connectivity index (χ1v) is 10.1. The van der Waals surface area contributed by atoms with E-state index in [0.29, 0.717) is 18.7 Å². The molecule has 1 aromatic carbocycles. The van der Waals surface area contributed by atoms with Crippen LogP contribution in [0.5, 0.6) is 0 Å². The lowest BCUT2D eigenvalue weighted by Crippen LogP contribution is -2.50. The summed E-state index contributed by atoms with van der Waals surface area (Å²) in [6.07, 6.45) is 8.71. The molecule has 1 amide bonds. The molecular weight excluding hydrogens is 360 g/mol. The van der Waals surface area contributed by atoms with E-state index in [4.69, 9.17) is 4.74 Å². The van der Waals surface area contributed by atoms with Crippen molar-refractivity contribution in [3.05, 3.63) is 47.5 Å². The van der Waals surface area contributed by atoms with Crippen LogP contribution in [0, 0.1) is 0 Å². The molecule has 3 rings (SSSR count). The van der Waals surface area contributed by atoms with Gasteiger partial charge in [-0.2, -0.15) is 0 Å². The normalized spacial score (nSPS) is 18.7. The maximum atomic E-state index is 12.1. The molecule has 4 nitrogen and oxygen atoms in total. The number of amides is 1. The van der Waals surface area contributed by atoms with E-state index in [0.717, 1.165) is 38.8 Å². The molecule has 0 radical (unpaired) electrons. The average molecular weight is 393 g/mol. The highest BCUT2D eigenvalue weighted by atomic mass is 35.5. The summed E-state index contributed by atoms with van der Waals surface area (Å²) in [4.78, 5) is 16.5. The molecule has 1 unspecified atom stereocenters. The van der Waals surface area contributed by atoms with E-state index in [1.54, 1.807) is 5.57 Å². The number of likely N-dealkylation sites (tertiary alicyclic amines) is 1. The number of carbonyl (C=O) groups is 1. The Balaban J connectivity index is 0.00000261. The average Bonchev–Trinajstić information content (AvgIpc) is 2.64. The van der Waals surface area contributed by atoms with Gasteiger partial charge in [0.1, 0.15) is 0 Å². The number of allylic oxidation sites excluding steroid dienone is 1. The van der Waals surface area contributed by atoms with Gasteiger partial charge in [0, 0.05) is 32.2 Å². The molecule has 1 atom stereocenters. The van der Waals surface area contributed by atoms with Gasteiger partial charge in [-0.3, -0.25) is 4.90 Å². The topological polar surface area (TPSA) is 32.8 Å². The summed E-state index contributed by atoms with van der Waals surface area (Å²) in [6.45, 7) is 4.62. The van der Waals surface area contributed by atoms with Crippen molar-refractivity contribution < 1.29 is 9.53 Å². The molecule has 27 heavy (non-hydrogen) atoms. The minimum atomic E-state index is -0.173. The molecule has 150 valence electrons. The van der Waals surface area contributed by atoms with Gasteiger partial charge in [0.25, 0.3) is 0 Å². The van der Waals surface area contributed by atoms with Gasteiger partial charge in [0.15, 0.2) is 0 Å². The molecule has 0 saturated carbocycles. The zero-order chi connectivity index (χ0) is 18.4. The Morgan fingerprint density at radius 2 is 1.93 bits per heavy atom. The van der Waals surface area contributed by atoms with E-state index < -0.39 is 0 Å². The third kappa shape index (κ3) is 5.73. The number of hydrogen-bond acceptors (Lipinski definition) is 3. The van der Waals surface area contributed by atoms with Gasteiger partial charge in [-0.1, -0.05) is 48.9 Å². The van der Waals surface area contributed by atoms with E-state index >= 15 is 0 Å². The van der Waals surface area contributed by atoms with Crippen LogP contribution in [0.25, 0.3) is 0 Å². The summed E-state index contributed by atoms with van der Waals surface area (Å²) in [5.41, 5.74) is 3.01. The minimum Gasteiger partial charge on any atom is -0.449 e. The molecule has 0 spiro atoms. The predicted octanol–water partition coefficient (Wildman–Crippen LogP) is 4.68. The fourth-order valence-electron chi connectivity index (χ4n) is 3.97. The van der Waals surface area contributed by atoms with Crippen LogP contribution in [0.15, 0.2) is 42.0 Å². The summed E-state index contributed by atoms with van der Waals surface area (Å²) >= 11 is 0. The first kappa shape index (κ1) is 21.8. The van der Waals surface area contributed by atoms with Crippen LogP contribution in [0.1, 0.15) is 44.6 Å². The second-order valence-corrected chi connectivity index (χ2v) is 7.52. The number of rotatable bonds is 7. The van der Waals surface area contributed by atoms with Crippen molar-refractivity contribution in [2.24, 2.45) is 0 Å². The lowest BCUT2D eigenvalue weighted by Gasteiger charge is -2.42. The van der Waals surface area contributed by atoms with Crippen molar-refractivity contribution in [1.82, 2.24) is 9.80 Å². The van der Waals surface area contributed by atoms with E-state index in [9.17, 15) is 4.79 Å². The highest BCUT2D eigenvalue weighted by molar-refractivity contribution is 5.85. The third-order valence-corrected chi connectivity index (χ3v) is 5.74. The summed E-state index contributed by atoms with van der Waals surface area (Å²) in [7, 11) is 1.88. The van der Waals surface area contributed by atoms with Crippen LogP contribution in [-0.2, 0) is 11.2 Å². The van der Waals surface area contributed by atoms with Crippen LogP contribution in [0.3, 0.4) is 0 Å². The number of piperidine rings is 1. The summed E-state index contributed by atoms with van der Waals surface area (Å²) < 4.78 is 5.29. The second kappa shape index (κ2) is 10.7. The number of benzene rings is 1. The van der Waals surface area contributed by atoms with Crippen LogP contribution in [0.2, 0.25) is 0 Å². The molecule has 0 N–H and O–H groups in total. The number of hydrogen-bond donors (Lipinski definition) is 0. The quantitative estimate of drug-likeness (QED) is 0.631. The first-order chi connectivity index (χ1) is 12.7. The maximum Gasteiger partial charge on any atom is 0.409 e. The zero-order valence-electron chi connectivity index (χ0n) is 16.6. The van der Waals surface area contributed by atoms with Gasteiger partial charge in [-0.05, 0) is 44.1 Å². The molecule has 0 aromatic heterocycles. The Morgan fingerprint density at radius 3 is 2.48 bits per heavy atom. The molecule has 1 aliphatic heterocycles. The van der Waals surface area contributed by atoms with Crippen molar-refractivity contribution in [2.75, 3.05) is 26.7 Å². The van der Waals surface area contributed by atoms with Crippen LogP contribution < -0.4 is 0 Å². The van der Waals surface area contributed by atoms with Gasteiger partial charge >= 0.3 is 6.09 Å². The van der Waals surface area contributed by atoms with E-state index in [-0.39, 0.29) is 18.5 Å². The Kier molecular flexibility index (Phi) is 8.65. The molecule has 2 aliphatic rings. The largest absolute Gasteiger partial charge is 0.449 e. The van der Waals surface area contributed by atoms with Crippen molar-refractivity contribution in [3.63, 3.8) is 0 Å². The fraction of sp³-hybridized carbons (Fsp3) is 0.591. The standard InChI is InChI=1S/C22H32N2O2.ClH/c1-3-16-26-22(25)23(2)20-12-14-24(15-13-20)21(19-10-7-11-19)17-18-8-5-4-6-9-18;/h4-6,8-10,20-21H,3,7,11-17H2,1-2H3;1H. The molecule has 1 heterocycles. The van der Waals surface area contributed by atoms with Gasteiger partial charge in [0.05, 0.1) is 6.61 Å². The van der Waals surface area contributed by atoms with Gasteiger partial charge in [0.2, 0.25) is 0 Å². The lowest BCUT2D eigenvalue weighted by atomic mass is 9.86. The van der Waals surface area contributed by atoms with Gasteiger partial charge in [-0.15, -0.1) is 12.4 Å². The number of halogens is 1. The number of nitrogens with zero attached hydrogens (tertiary/aromatic N) is 2. The van der Waals surface area contributed by atoms with Crippen LogP contribution in [-0.4, -0.2) is 54.7 Å². The molecule has 0 bridgehead atoms. The Bertz CT molecular complexity index is 612. The fourth-order valence-corrected chi connectivity index (χ4v) is 3.97. The second-order valence-electron chi connectivity index (χ2n) is 7.52. The van der Waals surface area contributed by atoms with Crippen molar-refractivity contribution >= 4 is 18.5 Å². The predicted molar refractivity (Wildman–Crippen MR) is 112 cm³/mol. The monoisotopic (exact) mass is 392 g/mol.